The van der Waals surface area contributed by atoms with Crippen LogP contribution in [0.5, 0.6) is 0 Å². The molecule has 16 heavy (non-hydrogen) atoms. The summed E-state index contributed by atoms with van der Waals surface area (Å²) in [6.45, 7) is 2.06. The lowest BCUT2D eigenvalue weighted by Gasteiger charge is -2.19. The highest BCUT2D eigenvalue weighted by Crippen LogP contribution is 2.14. The second kappa shape index (κ2) is 4.90. The molecule has 1 aromatic heterocycles. The molecule has 0 saturated carbocycles. The first-order valence-electron chi connectivity index (χ1n) is 5.46. The summed E-state index contributed by atoms with van der Waals surface area (Å²) in [7, 11) is 2.14. The lowest BCUT2D eigenvalue weighted by Crippen LogP contribution is -2.31. The fourth-order valence-electron chi connectivity index (χ4n) is 1.94. The van der Waals surface area contributed by atoms with Gasteiger partial charge in [-0.1, -0.05) is 0 Å². The maximum absolute atomic E-state index is 8.59. The van der Waals surface area contributed by atoms with Crippen molar-refractivity contribution in [2.75, 3.05) is 25.5 Å². The quantitative estimate of drug-likeness (QED) is 0.813. The van der Waals surface area contributed by atoms with Crippen LogP contribution in [0.4, 0.5) is 5.82 Å². The third kappa shape index (κ3) is 2.47. The molecule has 0 bridgehead atoms. The zero-order chi connectivity index (χ0) is 11.4. The number of nitrogens with zero attached hydrogens (tertiary/aromatic N) is 4. The SMILES string of the molecule is CN1CCCC1CNc1cnc(C#N)cn1. The van der Waals surface area contributed by atoms with E-state index < -0.39 is 0 Å². The van der Waals surface area contributed by atoms with Crippen LogP contribution in [-0.4, -0.2) is 41.0 Å². The molecule has 0 radical (unpaired) electrons. The molecule has 5 heteroatoms. The highest BCUT2D eigenvalue weighted by atomic mass is 15.2. The van der Waals surface area contributed by atoms with Crippen molar-refractivity contribution < 1.29 is 0 Å². The summed E-state index contributed by atoms with van der Waals surface area (Å²) in [5, 5.41) is 11.8. The number of hydrogen-bond acceptors (Lipinski definition) is 5. The van der Waals surface area contributed by atoms with E-state index in [2.05, 4.69) is 27.2 Å². The zero-order valence-corrected chi connectivity index (χ0v) is 9.35. The summed E-state index contributed by atoms with van der Waals surface area (Å²) in [6.07, 6.45) is 5.59. The molecule has 1 N–H and O–H groups in total. The Kier molecular flexibility index (Phi) is 3.32. The van der Waals surface area contributed by atoms with E-state index in [-0.39, 0.29) is 0 Å². The molecule has 0 amide bonds. The number of hydrogen-bond donors (Lipinski definition) is 1. The monoisotopic (exact) mass is 217 g/mol. The maximum atomic E-state index is 8.59. The van der Waals surface area contributed by atoms with Crippen LogP contribution in [0, 0.1) is 11.3 Å². The molecule has 0 spiro atoms. The molecule has 84 valence electrons. The average molecular weight is 217 g/mol. The van der Waals surface area contributed by atoms with Gasteiger partial charge in [-0.05, 0) is 26.4 Å². The van der Waals surface area contributed by atoms with Crippen LogP contribution in [0.3, 0.4) is 0 Å². The fraction of sp³-hybridized carbons (Fsp3) is 0.545. The molecule has 1 aromatic rings. The van der Waals surface area contributed by atoms with Crippen molar-refractivity contribution in [1.29, 1.82) is 5.26 Å². The topological polar surface area (TPSA) is 64.8 Å². The third-order valence-electron chi connectivity index (χ3n) is 2.96. The summed E-state index contributed by atoms with van der Waals surface area (Å²) >= 11 is 0. The van der Waals surface area contributed by atoms with E-state index in [1.165, 1.54) is 25.6 Å². The molecule has 1 fully saturated rings. The van der Waals surface area contributed by atoms with Crippen molar-refractivity contribution in [3.8, 4) is 6.07 Å². The minimum absolute atomic E-state index is 0.350. The highest BCUT2D eigenvalue weighted by Gasteiger charge is 2.20. The van der Waals surface area contributed by atoms with E-state index in [1.54, 1.807) is 6.20 Å². The van der Waals surface area contributed by atoms with Crippen LogP contribution in [0.15, 0.2) is 12.4 Å². The minimum atomic E-state index is 0.350. The Morgan fingerprint density at radius 3 is 3.00 bits per heavy atom. The van der Waals surface area contributed by atoms with E-state index in [9.17, 15) is 0 Å². The number of anilines is 1. The molecule has 1 atom stereocenters. The third-order valence-corrected chi connectivity index (χ3v) is 2.96. The second-order valence-electron chi connectivity index (χ2n) is 4.06. The number of rotatable bonds is 3. The van der Waals surface area contributed by atoms with Crippen LogP contribution in [-0.2, 0) is 0 Å². The van der Waals surface area contributed by atoms with Gasteiger partial charge in [-0.2, -0.15) is 5.26 Å². The summed E-state index contributed by atoms with van der Waals surface area (Å²) < 4.78 is 0. The highest BCUT2D eigenvalue weighted by molar-refractivity contribution is 5.33. The largest absolute Gasteiger partial charge is 0.367 e. The van der Waals surface area contributed by atoms with E-state index in [1.807, 2.05) is 6.07 Å². The predicted molar refractivity (Wildman–Crippen MR) is 60.9 cm³/mol. The summed E-state index contributed by atoms with van der Waals surface area (Å²) in [6, 6.07) is 2.53. The maximum Gasteiger partial charge on any atom is 0.158 e. The fourth-order valence-corrected chi connectivity index (χ4v) is 1.94. The first-order valence-corrected chi connectivity index (χ1v) is 5.46. The van der Waals surface area contributed by atoms with Gasteiger partial charge in [-0.25, -0.2) is 9.97 Å². The van der Waals surface area contributed by atoms with Crippen LogP contribution in [0.25, 0.3) is 0 Å². The Morgan fingerprint density at radius 1 is 1.56 bits per heavy atom. The van der Waals surface area contributed by atoms with Gasteiger partial charge >= 0.3 is 0 Å². The van der Waals surface area contributed by atoms with Crippen molar-refractivity contribution in [3.05, 3.63) is 18.1 Å². The number of nitrogens with one attached hydrogen (secondary N) is 1. The Balaban J connectivity index is 1.87. The molecular formula is C11H15N5. The van der Waals surface area contributed by atoms with E-state index in [0.717, 1.165) is 12.4 Å². The van der Waals surface area contributed by atoms with Gasteiger partial charge in [0.15, 0.2) is 5.69 Å². The van der Waals surface area contributed by atoms with Crippen molar-refractivity contribution in [1.82, 2.24) is 14.9 Å². The summed E-state index contributed by atoms with van der Waals surface area (Å²) in [5.74, 6) is 0.735. The van der Waals surface area contributed by atoms with Gasteiger partial charge in [0.1, 0.15) is 11.9 Å². The average Bonchev–Trinajstić information content (AvgIpc) is 2.73. The van der Waals surface area contributed by atoms with Gasteiger partial charge in [-0.15, -0.1) is 0 Å². The Morgan fingerprint density at radius 2 is 2.44 bits per heavy atom. The van der Waals surface area contributed by atoms with E-state index in [0.29, 0.717) is 11.7 Å². The minimum Gasteiger partial charge on any atom is -0.367 e. The zero-order valence-electron chi connectivity index (χ0n) is 9.35. The molecule has 2 rings (SSSR count). The molecule has 1 aliphatic rings. The molecule has 5 nitrogen and oxygen atoms in total. The second-order valence-corrected chi connectivity index (χ2v) is 4.06. The lowest BCUT2D eigenvalue weighted by atomic mass is 10.2. The van der Waals surface area contributed by atoms with Crippen molar-refractivity contribution in [3.63, 3.8) is 0 Å². The lowest BCUT2D eigenvalue weighted by molar-refractivity contribution is 0.322. The van der Waals surface area contributed by atoms with Gasteiger partial charge in [-0.3, -0.25) is 0 Å². The molecular weight excluding hydrogens is 202 g/mol. The predicted octanol–water partition coefficient (Wildman–Crippen LogP) is 0.854. The first-order chi connectivity index (χ1) is 7.79. The van der Waals surface area contributed by atoms with Crippen LogP contribution in [0.2, 0.25) is 0 Å². The number of nitriles is 1. The van der Waals surface area contributed by atoms with Gasteiger partial charge in [0, 0.05) is 12.6 Å². The van der Waals surface area contributed by atoms with Crippen molar-refractivity contribution >= 4 is 5.82 Å². The normalized spacial score (nSPS) is 20.6. The molecule has 2 heterocycles. The number of likely N-dealkylation sites (tertiary alicyclic amines) is 1. The molecule has 1 saturated heterocycles. The Labute approximate surface area is 95.1 Å². The number of aromatic nitrogens is 2. The molecule has 1 unspecified atom stereocenters. The van der Waals surface area contributed by atoms with Crippen molar-refractivity contribution in [2.45, 2.75) is 18.9 Å². The molecule has 0 aromatic carbocycles. The van der Waals surface area contributed by atoms with Gasteiger partial charge < -0.3 is 10.2 Å². The Bertz CT molecular complexity index is 380. The van der Waals surface area contributed by atoms with E-state index >= 15 is 0 Å². The van der Waals surface area contributed by atoms with Crippen LogP contribution < -0.4 is 5.32 Å². The molecule has 0 aliphatic carbocycles. The van der Waals surface area contributed by atoms with Crippen LogP contribution in [0.1, 0.15) is 18.5 Å². The van der Waals surface area contributed by atoms with Gasteiger partial charge in [0.25, 0.3) is 0 Å². The summed E-state index contributed by atoms with van der Waals surface area (Å²) in [5.41, 5.74) is 0.350. The molecule has 1 aliphatic heterocycles. The first kappa shape index (κ1) is 10.8. The van der Waals surface area contributed by atoms with Crippen molar-refractivity contribution in [2.24, 2.45) is 0 Å². The smallest absolute Gasteiger partial charge is 0.158 e. The van der Waals surface area contributed by atoms with Gasteiger partial charge in [0.2, 0.25) is 0 Å². The van der Waals surface area contributed by atoms with E-state index in [4.69, 9.17) is 5.26 Å². The Hall–Kier alpha value is -1.67. The summed E-state index contributed by atoms with van der Waals surface area (Å²) in [4.78, 5) is 10.4. The standard InChI is InChI=1S/C11H15N5/c1-16-4-2-3-10(16)7-15-11-8-13-9(5-12)6-14-11/h6,8,10H,2-4,7H2,1H3,(H,14,15). The number of likely N-dealkylation sites (N-methyl/N-ethyl adjacent to an activating group) is 1. The van der Waals surface area contributed by atoms with Gasteiger partial charge in [0.05, 0.1) is 12.4 Å². The van der Waals surface area contributed by atoms with Crippen LogP contribution >= 0.6 is 0 Å².